The van der Waals surface area contributed by atoms with Crippen molar-refractivity contribution >= 4 is 23.0 Å². The number of carbonyl (C=O) groups excluding carboxylic acids is 3. The molecule has 12 heteroatoms. The van der Waals surface area contributed by atoms with E-state index in [0.29, 0.717) is 12.2 Å². The molecule has 46 heavy (non-hydrogen) atoms. The molecule has 0 radical (unpaired) electrons. The van der Waals surface area contributed by atoms with Gasteiger partial charge in [-0.2, -0.15) is 0 Å². The first-order valence-corrected chi connectivity index (χ1v) is 15.0. The number of ketones is 3. The van der Waals surface area contributed by atoms with E-state index in [4.69, 9.17) is 19.9 Å². The van der Waals surface area contributed by atoms with Gasteiger partial charge < -0.3 is 45.7 Å². The summed E-state index contributed by atoms with van der Waals surface area (Å²) in [6.07, 6.45) is -4.45. The molecule has 6 unspecified atom stereocenters. The molecular formula is C34H36N2O10. The van der Waals surface area contributed by atoms with Crippen molar-refractivity contribution in [3.05, 3.63) is 81.4 Å². The van der Waals surface area contributed by atoms with E-state index in [1.54, 1.807) is 19.1 Å². The molecule has 1 heterocycles. The molecule has 0 bridgehead atoms. The number of nitrogens with one attached hydrogen (secondary N) is 1. The van der Waals surface area contributed by atoms with Crippen molar-refractivity contribution in [2.75, 3.05) is 12.8 Å². The maximum Gasteiger partial charge on any atom is 0.202 e. The number of anilines is 1. The summed E-state index contributed by atoms with van der Waals surface area (Å²) in [6, 6.07) is 11.2. The van der Waals surface area contributed by atoms with Gasteiger partial charge in [0, 0.05) is 54.2 Å². The number of hydrogen-bond acceptors (Lipinski definition) is 12. The molecule has 3 aliphatic rings. The van der Waals surface area contributed by atoms with Crippen LogP contribution in [0.1, 0.15) is 81.3 Å². The van der Waals surface area contributed by atoms with Gasteiger partial charge in [0.15, 0.2) is 17.9 Å². The van der Waals surface area contributed by atoms with Gasteiger partial charge >= 0.3 is 0 Å². The summed E-state index contributed by atoms with van der Waals surface area (Å²) in [5.41, 5.74) is 4.29. The largest absolute Gasteiger partial charge is 0.507 e. The van der Waals surface area contributed by atoms with E-state index < -0.39 is 82.6 Å². The van der Waals surface area contributed by atoms with Gasteiger partial charge in [-0.05, 0) is 37.6 Å². The van der Waals surface area contributed by atoms with Crippen LogP contribution in [0.25, 0.3) is 0 Å². The minimum Gasteiger partial charge on any atom is -0.507 e. The van der Waals surface area contributed by atoms with E-state index in [-0.39, 0.29) is 40.8 Å². The normalized spacial score (nSPS) is 27.0. The molecule has 6 rings (SSSR count). The molecular weight excluding hydrogens is 596 g/mol. The molecule has 1 aliphatic heterocycles. The highest BCUT2D eigenvalue weighted by Gasteiger charge is 2.49. The fourth-order valence-corrected chi connectivity index (χ4v) is 6.71. The lowest BCUT2D eigenvalue weighted by Crippen LogP contribution is -2.54. The summed E-state index contributed by atoms with van der Waals surface area (Å²) in [5, 5.41) is 48.9. The number of aromatic hydroxyl groups is 2. The Morgan fingerprint density at radius 2 is 1.76 bits per heavy atom. The molecule has 0 saturated carbocycles. The molecule has 2 aliphatic carbocycles. The van der Waals surface area contributed by atoms with Crippen LogP contribution in [-0.4, -0.2) is 75.0 Å². The Kier molecular flexibility index (Phi) is 8.11. The zero-order valence-electron chi connectivity index (χ0n) is 25.6. The minimum absolute atomic E-state index is 0.0161. The Hall–Kier alpha value is -4.33. The third kappa shape index (κ3) is 5.21. The standard InChI is InChI=1S/C34H36N2O10/c1-15-29(38)21(36-14-17-7-9-18(35)10-8-17)11-24(45-15)46-23-13-34(43,16(2)37)12-20-26(23)33(42)28-27(31(20)40)30(39)19-5-4-6-22(44-3)25(19)32(28)41/h4-10,15,21,23-24,29,36,38,40,42-43H,11-14,35H2,1-3H3. The number of aliphatic hydroxyl groups is 2. The van der Waals surface area contributed by atoms with E-state index in [0.717, 1.165) is 5.56 Å². The molecule has 1 saturated heterocycles. The lowest BCUT2D eigenvalue weighted by Gasteiger charge is -2.43. The minimum atomic E-state index is -2.02. The second kappa shape index (κ2) is 11.8. The van der Waals surface area contributed by atoms with E-state index in [1.807, 2.05) is 12.1 Å². The molecule has 6 atom stereocenters. The van der Waals surface area contributed by atoms with Gasteiger partial charge in [-0.1, -0.05) is 24.3 Å². The monoisotopic (exact) mass is 632 g/mol. The van der Waals surface area contributed by atoms with E-state index in [1.165, 1.54) is 32.2 Å². The number of hydrogen-bond donors (Lipinski definition) is 6. The van der Waals surface area contributed by atoms with Crippen LogP contribution in [0.4, 0.5) is 5.69 Å². The average molecular weight is 633 g/mol. The fraction of sp³-hybridized carbons (Fsp3) is 0.382. The molecule has 3 aromatic carbocycles. The van der Waals surface area contributed by atoms with Crippen molar-refractivity contribution in [1.29, 1.82) is 0 Å². The quantitative estimate of drug-likeness (QED) is 0.129. The van der Waals surface area contributed by atoms with Gasteiger partial charge in [0.05, 0.1) is 42.1 Å². The summed E-state index contributed by atoms with van der Waals surface area (Å²) in [4.78, 5) is 40.2. The van der Waals surface area contributed by atoms with Crippen LogP contribution in [0.15, 0.2) is 42.5 Å². The lowest BCUT2D eigenvalue weighted by molar-refractivity contribution is -0.249. The van der Waals surface area contributed by atoms with Crippen molar-refractivity contribution in [2.45, 2.75) is 75.9 Å². The van der Waals surface area contributed by atoms with Crippen molar-refractivity contribution < 1.29 is 49.0 Å². The van der Waals surface area contributed by atoms with Crippen LogP contribution >= 0.6 is 0 Å². The topological polar surface area (TPSA) is 198 Å². The average Bonchev–Trinajstić information content (AvgIpc) is 3.02. The zero-order chi connectivity index (χ0) is 33.1. The Morgan fingerprint density at radius 1 is 1.07 bits per heavy atom. The number of fused-ring (bicyclic) bond motifs is 3. The van der Waals surface area contributed by atoms with Gasteiger partial charge in [0.1, 0.15) is 22.8 Å². The molecule has 3 aromatic rings. The number of carbonyl (C=O) groups is 3. The number of ether oxygens (including phenoxy) is 3. The van der Waals surface area contributed by atoms with Crippen LogP contribution in [0, 0.1) is 0 Å². The predicted octanol–water partition coefficient (Wildman–Crippen LogP) is 2.44. The van der Waals surface area contributed by atoms with E-state index >= 15 is 0 Å². The first-order chi connectivity index (χ1) is 21.8. The molecule has 12 nitrogen and oxygen atoms in total. The Labute approximate surface area is 264 Å². The summed E-state index contributed by atoms with van der Waals surface area (Å²) >= 11 is 0. The van der Waals surface area contributed by atoms with Crippen LogP contribution in [-0.2, 0) is 27.2 Å². The highest BCUT2D eigenvalue weighted by Crippen LogP contribution is 2.52. The van der Waals surface area contributed by atoms with Crippen molar-refractivity contribution in [3.8, 4) is 17.2 Å². The molecule has 242 valence electrons. The van der Waals surface area contributed by atoms with Crippen LogP contribution in [0.5, 0.6) is 17.2 Å². The van der Waals surface area contributed by atoms with Gasteiger partial charge in [-0.15, -0.1) is 0 Å². The molecule has 1 fully saturated rings. The van der Waals surface area contributed by atoms with Gasteiger partial charge in [-0.3, -0.25) is 14.4 Å². The highest BCUT2D eigenvalue weighted by molar-refractivity contribution is 6.31. The number of aliphatic hydroxyl groups excluding tert-OH is 1. The summed E-state index contributed by atoms with van der Waals surface area (Å²) < 4.78 is 17.6. The third-order valence-corrected chi connectivity index (χ3v) is 9.30. The lowest BCUT2D eigenvalue weighted by atomic mass is 9.72. The molecule has 0 spiro atoms. The predicted molar refractivity (Wildman–Crippen MR) is 164 cm³/mol. The Balaban J connectivity index is 1.38. The highest BCUT2D eigenvalue weighted by atomic mass is 16.7. The van der Waals surface area contributed by atoms with Crippen molar-refractivity contribution in [2.24, 2.45) is 0 Å². The van der Waals surface area contributed by atoms with Crippen LogP contribution in [0.3, 0.4) is 0 Å². The second-order valence-electron chi connectivity index (χ2n) is 12.2. The number of nitrogens with two attached hydrogens (primary N) is 1. The maximum atomic E-state index is 13.8. The fourth-order valence-electron chi connectivity index (χ4n) is 6.71. The first kappa shape index (κ1) is 31.6. The van der Waals surface area contributed by atoms with Gasteiger partial charge in [0.25, 0.3) is 0 Å². The third-order valence-electron chi connectivity index (χ3n) is 9.30. The van der Waals surface area contributed by atoms with Crippen LogP contribution < -0.4 is 15.8 Å². The smallest absolute Gasteiger partial charge is 0.202 e. The van der Waals surface area contributed by atoms with E-state index in [2.05, 4.69) is 5.32 Å². The zero-order valence-corrected chi connectivity index (χ0v) is 25.6. The number of rotatable bonds is 7. The van der Waals surface area contributed by atoms with E-state index in [9.17, 15) is 34.8 Å². The number of phenols is 2. The first-order valence-electron chi connectivity index (χ1n) is 15.0. The number of Topliss-reactive ketones (excluding diaryl/α,β-unsaturated/α-hetero) is 1. The number of nitrogen functional groups attached to an aromatic ring is 1. The number of methoxy groups -OCH3 is 1. The second-order valence-corrected chi connectivity index (χ2v) is 12.2. The summed E-state index contributed by atoms with van der Waals surface area (Å²) in [6.45, 7) is 3.29. The maximum absolute atomic E-state index is 13.8. The molecule has 0 aromatic heterocycles. The van der Waals surface area contributed by atoms with Crippen molar-refractivity contribution in [1.82, 2.24) is 5.32 Å². The van der Waals surface area contributed by atoms with Gasteiger partial charge in [-0.25, -0.2) is 0 Å². The molecule has 7 N–H and O–H groups in total. The van der Waals surface area contributed by atoms with Crippen LogP contribution in [0.2, 0.25) is 0 Å². The Morgan fingerprint density at radius 3 is 2.43 bits per heavy atom. The molecule has 0 amide bonds. The van der Waals surface area contributed by atoms with Gasteiger partial charge in [0.2, 0.25) is 5.78 Å². The number of phenolic OH excluding ortho intramolecular Hbond substituents is 2. The summed E-state index contributed by atoms with van der Waals surface area (Å²) in [5.74, 6) is -3.17. The SMILES string of the molecule is COc1cccc2c1C(=O)c1c(O)c3c(c(O)c1C2=O)CC(O)(C(C)=O)CC3OC1CC(NCc2ccc(N)cc2)C(O)C(C)O1. The number of benzene rings is 3. The van der Waals surface area contributed by atoms with Crippen molar-refractivity contribution in [3.63, 3.8) is 0 Å². The Bertz CT molecular complexity index is 1740. The summed E-state index contributed by atoms with van der Waals surface area (Å²) in [7, 11) is 1.35.